The summed E-state index contributed by atoms with van der Waals surface area (Å²) in [5, 5.41) is 1.15. The van der Waals surface area contributed by atoms with Gasteiger partial charge in [-0.2, -0.15) is 0 Å². The van der Waals surface area contributed by atoms with E-state index in [1.54, 1.807) is 4.90 Å². The van der Waals surface area contributed by atoms with E-state index < -0.39 is 0 Å². The lowest BCUT2D eigenvalue weighted by molar-refractivity contribution is -0.132. The first kappa shape index (κ1) is 16.4. The summed E-state index contributed by atoms with van der Waals surface area (Å²) in [7, 11) is 0. The number of carbonyl (C=O) groups is 1. The Balaban J connectivity index is 2.06. The average molecular weight is 303 g/mol. The van der Waals surface area contributed by atoms with Crippen LogP contribution in [-0.2, 0) is 11.2 Å². The molecule has 1 heterocycles. The fourth-order valence-corrected chi connectivity index (χ4v) is 2.58. The molecule has 1 atom stereocenters. The number of rotatable bonds is 7. The van der Waals surface area contributed by atoms with Gasteiger partial charge >= 0.3 is 0 Å². The minimum Gasteiger partial charge on any atom is -0.484 e. The van der Waals surface area contributed by atoms with Crippen LogP contribution in [0.5, 0.6) is 5.75 Å². The molecule has 1 amide bonds. The van der Waals surface area contributed by atoms with Gasteiger partial charge in [0, 0.05) is 42.3 Å². The van der Waals surface area contributed by atoms with Crippen LogP contribution in [0.4, 0.5) is 0 Å². The molecule has 0 fully saturated rings. The lowest BCUT2D eigenvalue weighted by atomic mass is 10.1. The van der Waals surface area contributed by atoms with E-state index in [1.807, 2.05) is 45.2 Å². The summed E-state index contributed by atoms with van der Waals surface area (Å²) in [6.07, 6.45) is 2.82. The largest absolute Gasteiger partial charge is 0.484 e. The average Bonchev–Trinajstić information content (AvgIpc) is 2.88. The van der Waals surface area contributed by atoms with Crippen LogP contribution in [0.1, 0.15) is 26.3 Å². The standard InChI is InChI=1S/C17H25N3O2/c1-4-20(5-2)17(21)11-22-14-6-7-15-13(8-12(3)18)10-19-16(15)9-14/h6-7,9-10,12,19H,4-5,8,11,18H2,1-3H3/t12-/m1/s1. The van der Waals surface area contributed by atoms with Crippen molar-refractivity contribution in [2.45, 2.75) is 33.2 Å². The number of fused-ring (bicyclic) bond motifs is 1. The Labute approximate surface area is 131 Å². The highest BCUT2D eigenvalue weighted by Gasteiger charge is 2.11. The highest BCUT2D eigenvalue weighted by molar-refractivity contribution is 5.84. The predicted octanol–water partition coefficient (Wildman–Crippen LogP) is 2.30. The molecule has 0 bridgehead atoms. The summed E-state index contributed by atoms with van der Waals surface area (Å²) in [6.45, 7) is 7.40. The van der Waals surface area contributed by atoms with E-state index in [1.165, 1.54) is 5.56 Å². The van der Waals surface area contributed by atoms with Gasteiger partial charge in [0.2, 0.25) is 0 Å². The van der Waals surface area contributed by atoms with Gasteiger partial charge in [-0.15, -0.1) is 0 Å². The second-order valence-electron chi connectivity index (χ2n) is 5.56. The van der Waals surface area contributed by atoms with Crippen molar-refractivity contribution in [1.82, 2.24) is 9.88 Å². The van der Waals surface area contributed by atoms with E-state index in [0.29, 0.717) is 18.8 Å². The van der Waals surface area contributed by atoms with Crippen molar-refractivity contribution in [3.05, 3.63) is 30.0 Å². The third-order valence-corrected chi connectivity index (χ3v) is 3.76. The molecule has 0 saturated carbocycles. The first-order valence-electron chi connectivity index (χ1n) is 7.81. The molecule has 3 N–H and O–H groups in total. The summed E-state index contributed by atoms with van der Waals surface area (Å²) in [5.74, 6) is 0.705. The number of carbonyl (C=O) groups excluding carboxylic acids is 1. The minimum absolute atomic E-state index is 0.00854. The number of ether oxygens (including phenoxy) is 1. The molecule has 0 aliphatic rings. The summed E-state index contributed by atoms with van der Waals surface area (Å²) in [6, 6.07) is 5.97. The van der Waals surface area contributed by atoms with Gasteiger partial charge in [-0.3, -0.25) is 4.79 Å². The molecule has 5 heteroatoms. The zero-order valence-corrected chi connectivity index (χ0v) is 13.6. The molecule has 2 aromatic rings. The lowest BCUT2D eigenvalue weighted by Gasteiger charge is -2.18. The summed E-state index contributed by atoms with van der Waals surface area (Å²) >= 11 is 0. The van der Waals surface area contributed by atoms with Crippen molar-refractivity contribution < 1.29 is 9.53 Å². The van der Waals surface area contributed by atoms with Crippen LogP contribution in [-0.4, -0.2) is 41.5 Å². The van der Waals surface area contributed by atoms with E-state index in [2.05, 4.69) is 4.98 Å². The Hall–Kier alpha value is -2.01. The molecule has 0 unspecified atom stereocenters. The third-order valence-electron chi connectivity index (χ3n) is 3.76. The second kappa shape index (κ2) is 7.31. The van der Waals surface area contributed by atoms with Gasteiger partial charge < -0.3 is 20.4 Å². The lowest BCUT2D eigenvalue weighted by Crippen LogP contribution is -2.34. The number of hydrogen-bond acceptors (Lipinski definition) is 3. The van der Waals surface area contributed by atoms with Crippen LogP contribution in [0.3, 0.4) is 0 Å². The Morgan fingerprint density at radius 2 is 2.09 bits per heavy atom. The smallest absolute Gasteiger partial charge is 0.260 e. The van der Waals surface area contributed by atoms with E-state index in [9.17, 15) is 4.79 Å². The van der Waals surface area contributed by atoms with Gasteiger partial charge in [-0.05, 0) is 44.9 Å². The fourth-order valence-electron chi connectivity index (χ4n) is 2.58. The van der Waals surface area contributed by atoms with Crippen LogP contribution in [0.2, 0.25) is 0 Å². The number of benzene rings is 1. The fraction of sp³-hybridized carbons (Fsp3) is 0.471. The molecule has 0 aliphatic carbocycles. The van der Waals surface area contributed by atoms with Gasteiger partial charge in [0.15, 0.2) is 6.61 Å². The Morgan fingerprint density at radius 1 is 1.36 bits per heavy atom. The molecule has 120 valence electrons. The molecule has 22 heavy (non-hydrogen) atoms. The van der Waals surface area contributed by atoms with Crippen LogP contribution < -0.4 is 10.5 Å². The number of hydrogen-bond donors (Lipinski definition) is 2. The zero-order chi connectivity index (χ0) is 16.1. The van der Waals surface area contributed by atoms with E-state index >= 15 is 0 Å². The Bertz CT molecular complexity index is 630. The molecule has 5 nitrogen and oxygen atoms in total. The van der Waals surface area contributed by atoms with E-state index in [0.717, 1.165) is 17.3 Å². The maximum atomic E-state index is 11.9. The predicted molar refractivity (Wildman–Crippen MR) is 89.1 cm³/mol. The summed E-state index contributed by atoms with van der Waals surface area (Å²) < 4.78 is 5.61. The van der Waals surface area contributed by atoms with Gasteiger partial charge in [0.25, 0.3) is 5.91 Å². The van der Waals surface area contributed by atoms with Crippen LogP contribution in [0.25, 0.3) is 10.9 Å². The molecule has 1 aromatic heterocycles. The first-order chi connectivity index (χ1) is 10.5. The van der Waals surface area contributed by atoms with Crippen LogP contribution in [0, 0.1) is 0 Å². The van der Waals surface area contributed by atoms with Crippen molar-refractivity contribution in [3.63, 3.8) is 0 Å². The molecule has 0 radical (unpaired) electrons. The SMILES string of the molecule is CCN(CC)C(=O)COc1ccc2c(C[C@@H](C)N)c[nH]c2c1. The maximum absolute atomic E-state index is 11.9. The maximum Gasteiger partial charge on any atom is 0.260 e. The van der Waals surface area contributed by atoms with Gasteiger partial charge in [0.05, 0.1) is 0 Å². The van der Waals surface area contributed by atoms with Gasteiger partial charge in [0.1, 0.15) is 5.75 Å². The normalized spacial score (nSPS) is 12.4. The Morgan fingerprint density at radius 3 is 2.73 bits per heavy atom. The van der Waals surface area contributed by atoms with Gasteiger partial charge in [-0.25, -0.2) is 0 Å². The summed E-state index contributed by atoms with van der Waals surface area (Å²) in [5.41, 5.74) is 8.07. The molecule has 0 spiro atoms. The molecular formula is C17H25N3O2. The highest BCUT2D eigenvalue weighted by Crippen LogP contribution is 2.24. The number of nitrogens with zero attached hydrogens (tertiary/aromatic N) is 1. The first-order valence-corrected chi connectivity index (χ1v) is 7.81. The minimum atomic E-state index is 0.00854. The molecule has 0 aliphatic heterocycles. The third kappa shape index (κ3) is 3.80. The van der Waals surface area contributed by atoms with Crippen LogP contribution >= 0.6 is 0 Å². The van der Waals surface area contributed by atoms with Crippen molar-refractivity contribution in [2.75, 3.05) is 19.7 Å². The monoisotopic (exact) mass is 303 g/mol. The molecule has 2 rings (SSSR count). The van der Waals surface area contributed by atoms with Crippen LogP contribution in [0.15, 0.2) is 24.4 Å². The zero-order valence-electron chi connectivity index (χ0n) is 13.6. The molecular weight excluding hydrogens is 278 g/mol. The number of amides is 1. The van der Waals surface area contributed by atoms with Crippen molar-refractivity contribution in [3.8, 4) is 5.75 Å². The molecule has 1 aromatic carbocycles. The second-order valence-corrected chi connectivity index (χ2v) is 5.56. The number of nitrogens with one attached hydrogen (secondary N) is 1. The van der Waals surface area contributed by atoms with Gasteiger partial charge in [-0.1, -0.05) is 0 Å². The number of aromatic amines is 1. The number of H-pyrrole nitrogens is 1. The Kier molecular flexibility index (Phi) is 5.44. The number of aromatic nitrogens is 1. The number of likely N-dealkylation sites (N-methyl/N-ethyl adjacent to an activating group) is 1. The van der Waals surface area contributed by atoms with E-state index in [4.69, 9.17) is 10.5 Å². The van der Waals surface area contributed by atoms with Crippen molar-refractivity contribution >= 4 is 16.8 Å². The quantitative estimate of drug-likeness (QED) is 0.824. The topological polar surface area (TPSA) is 71.3 Å². The molecule has 0 saturated heterocycles. The van der Waals surface area contributed by atoms with Crippen molar-refractivity contribution in [2.24, 2.45) is 5.73 Å². The van der Waals surface area contributed by atoms with Crippen molar-refractivity contribution in [1.29, 1.82) is 0 Å². The summed E-state index contributed by atoms with van der Waals surface area (Å²) in [4.78, 5) is 16.9. The van der Waals surface area contributed by atoms with E-state index in [-0.39, 0.29) is 18.6 Å². The highest BCUT2D eigenvalue weighted by atomic mass is 16.5. The number of nitrogens with two attached hydrogens (primary N) is 1.